The summed E-state index contributed by atoms with van der Waals surface area (Å²) in [6.45, 7) is 4.04. The lowest BCUT2D eigenvalue weighted by atomic mass is 10.1. The number of hydrogen-bond acceptors (Lipinski definition) is 3. The van der Waals surface area contributed by atoms with Crippen LogP contribution >= 0.6 is 33.9 Å². The van der Waals surface area contributed by atoms with E-state index >= 15 is 0 Å². The van der Waals surface area contributed by atoms with Gasteiger partial charge < -0.3 is 0 Å². The molecule has 23 heavy (non-hydrogen) atoms. The van der Waals surface area contributed by atoms with Gasteiger partial charge >= 0.3 is 0 Å². The maximum Gasteiger partial charge on any atom is 0.257 e. The van der Waals surface area contributed by atoms with Gasteiger partial charge in [0.1, 0.15) is 0 Å². The predicted octanol–water partition coefficient (Wildman–Crippen LogP) is 5.28. The minimum absolute atomic E-state index is 0.128. The van der Waals surface area contributed by atoms with Crippen LogP contribution in [-0.4, -0.2) is 10.9 Å². The summed E-state index contributed by atoms with van der Waals surface area (Å²) in [5, 5.41) is 5.44. The van der Waals surface area contributed by atoms with Crippen molar-refractivity contribution in [1.29, 1.82) is 0 Å². The van der Waals surface area contributed by atoms with E-state index in [0.717, 1.165) is 16.8 Å². The number of anilines is 1. The molecule has 1 N–H and O–H groups in total. The third kappa shape index (κ3) is 3.79. The van der Waals surface area contributed by atoms with Crippen LogP contribution in [0, 0.1) is 17.4 Å². The van der Waals surface area contributed by atoms with Crippen LogP contribution in [0.15, 0.2) is 47.8 Å². The number of rotatable bonds is 3. The van der Waals surface area contributed by atoms with E-state index in [4.69, 9.17) is 0 Å². The second-order valence-electron chi connectivity index (χ2n) is 5.30. The molecule has 0 saturated heterocycles. The van der Waals surface area contributed by atoms with Gasteiger partial charge in [0.25, 0.3) is 5.91 Å². The SMILES string of the molecule is Cc1ccc(C(=O)Nc2nc(-c3ccc(I)cc3)cs2)cc1C. The van der Waals surface area contributed by atoms with Crippen LogP contribution < -0.4 is 5.32 Å². The fourth-order valence-corrected chi connectivity index (χ4v) is 3.21. The normalized spacial score (nSPS) is 10.6. The summed E-state index contributed by atoms with van der Waals surface area (Å²) in [5.41, 5.74) is 4.86. The Hall–Kier alpha value is -1.73. The molecule has 0 unspecified atom stereocenters. The molecule has 116 valence electrons. The highest BCUT2D eigenvalue weighted by molar-refractivity contribution is 14.1. The Morgan fingerprint density at radius 1 is 1.09 bits per heavy atom. The zero-order valence-corrected chi connectivity index (χ0v) is 15.7. The predicted molar refractivity (Wildman–Crippen MR) is 104 cm³/mol. The molecule has 3 rings (SSSR count). The van der Waals surface area contributed by atoms with Crippen molar-refractivity contribution in [1.82, 2.24) is 4.98 Å². The number of amides is 1. The Morgan fingerprint density at radius 3 is 2.52 bits per heavy atom. The fourth-order valence-electron chi connectivity index (χ4n) is 2.14. The van der Waals surface area contributed by atoms with Crippen LogP contribution in [0.5, 0.6) is 0 Å². The molecular weight excluding hydrogens is 419 g/mol. The van der Waals surface area contributed by atoms with E-state index in [2.05, 4.69) is 32.9 Å². The average molecular weight is 434 g/mol. The van der Waals surface area contributed by atoms with E-state index in [1.807, 2.05) is 61.7 Å². The number of halogens is 1. The standard InChI is InChI=1S/C18H15IN2OS/c1-11-3-4-14(9-12(11)2)17(22)21-18-20-16(10-23-18)13-5-7-15(19)8-6-13/h3-10H,1-2H3,(H,20,21,22). The molecule has 1 heterocycles. The number of aromatic nitrogens is 1. The Labute approximate surface area is 152 Å². The summed E-state index contributed by atoms with van der Waals surface area (Å²) >= 11 is 3.71. The Bertz CT molecular complexity index is 856. The third-order valence-electron chi connectivity index (χ3n) is 3.63. The summed E-state index contributed by atoms with van der Waals surface area (Å²) in [6, 6.07) is 13.9. The molecule has 0 spiro atoms. The zero-order chi connectivity index (χ0) is 16.4. The summed E-state index contributed by atoms with van der Waals surface area (Å²) < 4.78 is 1.19. The molecule has 0 aliphatic rings. The molecule has 0 aliphatic heterocycles. The van der Waals surface area contributed by atoms with Gasteiger partial charge in [-0.05, 0) is 71.8 Å². The largest absolute Gasteiger partial charge is 0.298 e. The quantitative estimate of drug-likeness (QED) is 0.570. The summed E-state index contributed by atoms with van der Waals surface area (Å²) in [6.07, 6.45) is 0. The summed E-state index contributed by atoms with van der Waals surface area (Å²) in [4.78, 5) is 16.8. The second kappa shape index (κ2) is 6.80. The molecule has 1 amide bonds. The van der Waals surface area contributed by atoms with Gasteiger partial charge in [-0.3, -0.25) is 10.1 Å². The first-order valence-electron chi connectivity index (χ1n) is 7.13. The molecule has 1 aromatic heterocycles. The van der Waals surface area contributed by atoms with Crippen LogP contribution in [0.2, 0.25) is 0 Å². The topological polar surface area (TPSA) is 42.0 Å². The van der Waals surface area contributed by atoms with Crippen LogP contribution in [0.25, 0.3) is 11.3 Å². The molecule has 3 nitrogen and oxygen atoms in total. The first-order chi connectivity index (χ1) is 11.0. The molecule has 3 aromatic rings. The van der Waals surface area contributed by atoms with Crippen LogP contribution in [0.1, 0.15) is 21.5 Å². The van der Waals surface area contributed by atoms with Crippen LogP contribution in [0.3, 0.4) is 0 Å². The molecule has 2 aromatic carbocycles. The lowest BCUT2D eigenvalue weighted by Gasteiger charge is -2.05. The number of hydrogen-bond donors (Lipinski definition) is 1. The third-order valence-corrected chi connectivity index (χ3v) is 5.11. The highest BCUT2D eigenvalue weighted by Gasteiger charge is 2.10. The Morgan fingerprint density at radius 2 is 1.83 bits per heavy atom. The van der Waals surface area contributed by atoms with E-state index in [1.54, 1.807) is 0 Å². The van der Waals surface area contributed by atoms with E-state index < -0.39 is 0 Å². The number of nitrogens with one attached hydrogen (secondary N) is 1. The van der Waals surface area contributed by atoms with Crippen molar-refractivity contribution in [2.75, 3.05) is 5.32 Å². The molecule has 0 bridgehead atoms. The summed E-state index contributed by atoms with van der Waals surface area (Å²) in [7, 11) is 0. The van der Waals surface area contributed by atoms with Crippen molar-refractivity contribution in [2.45, 2.75) is 13.8 Å². The average Bonchev–Trinajstić information content (AvgIpc) is 2.99. The van der Waals surface area contributed by atoms with Gasteiger partial charge in [-0.1, -0.05) is 18.2 Å². The second-order valence-corrected chi connectivity index (χ2v) is 7.40. The first-order valence-corrected chi connectivity index (χ1v) is 9.09. The van der Waals surface area contributed by atoms with Crippen molar-refractivity contribution in [2.24, 2.45) is 0 Å². The minimum Gasteiger partial charge on any atom is -0.298 e. The van der Waals surface area contributed by atoms with Crippen molar-refractivity contribution in [3.05, 3.63) is 68.1 Å². The highest BCUT2D eigenvalue weighted by atomic mass is 127. The van der Waals surface area contributed by atoms with Gasteiger partial charge in [-0.15, -0.1) is 11.3 Å². The van der Waals surface area contributed by atoms with Crippen molar-refractivity contribution in [3.63, 3.8) is 0 Å². The van der Waals surface area contributed by atoms with E-state index in [1.165, 1.54) is 20.5 Å². The monoisotopic (exact) mass is 434 g/mol. The number of carbonyl (C=O) groups excluding carboxylic acids is 1. The van der Waals surface area contributed by atoms with Crippen molar-refractivity contribution < 1.29 is 4.79 Å². The zero-order valence-electron chi connectivity index (χ0n) is 12.8. The van der Waals surface area contributed by atoms with Gasteiger partial charge in [0, 0.05) is 20.1 Å². The van der Waals surface area contributed by atoms with Crippen molar-refractivity contribution >= 4 is 45.0 Å². The number of benzene rings is 2. The van der Waals surface area contributed by atoms with Gasteiger partial charge in [-0.2, -0.15) is 0 Å². The number of thiazole rings is 1. The maximum atomic E-state index is 12.3. The Balaban J connectivity index is 1.77. The van der Waals surface area contributed by atoms with E-state index in [0.29, 0.717) is 10.7 Å². The number of aryl methyl sites for hydroxylation is 2. The van der Waals surface area contributed by atoms with Crippen LogP contribution in [0.4, 0.5) is 5.13 Å². The van der Waals surface area contributed by atoms with Gasteiger partial charge in [0.15, 0.2) is 5.13 Å². The summed E-state index contributed by atoms with van der Waals surface area (Å²) in [5.74, 6) is -0.128. The molecule has 0 aliphatic carbocycles. The highest BCUT2D eigenvalue weighted by Crippen LogP contribution is 2.26. The van der Waals surface area contributed by atoms with E-state index in [-0.39, 0.29) is 5.91 Å². The molecule has 0 fully saturated rings. The maximum absolute atomic E-state index is 12.3. The number of carbonyl (C=O) groups is 1. The van der Waals surface area contributed by atoms with Gasteiger partial charge in [0.05, 0.1) is 5.69 Å². The number of nitrogens with zero attached hydrogens (tertiary/aromatic N) is 1. The molecule has 0 atom stereocenters. The fraction of sp³-hybridized carbons (Fsp3) is 0.111. The minimum atomic E-state index is -0.128. The Kier molecular flexibility index (Phi) is 4.77. The van der Waals surface area contributed by atoms with Crippen LogP contribution in [-0.2, 0) is 0 Å². The molecular formula is C18H15IN2OS. The van der Waals surface area contributed by atoms with Gasteiger partial charge in [-0.25, -0.2) is 4.98 Å². The molecule has 5 heteroatoms. The lowest BCUT2D eigenvalue weighted by molar-refractivity contribution is 0.102. The lowest BCUT2D eigenvalue weighted by Crippen LogP contribution is -2.12. The molecule has 0 radical (unpaired) electrons. The first kappa shape index (κ1) is 16.1. The molecule has 0 saturated carbocycles. The smallest absolute Gasteiger partial charge is 0.257 e. The van der Waals surface area contributed by atoms with Gasteiger partial charge in [0.2, 0.25) is 0 Å². The van der Waals surface area contributed by atoms with E-state index in [9.17, 15) is 4.79 Å². The van der Waals surface area contributed by atoms with Crippen molar-refractivity contribution in [3.8, 4) is 11.3 Å².